The van der Waals surface area contributed by atoms with Gasteiger partial charge in [-0.25, -0.2) is 0 Å². The number of hydrogen-bond acceptors (Lipinski definition) is 5. The molecule has 0 spiro atoms. The summed E-state index contributed by atoms with van der Waals surface area (Å²) >= 11 is 0. The second kappa shape index (κ2) is 10.1. The lowest BCUT2D eigenvalue weighted by Gasteiger charge is -2.22. The molecular weight excluding hydrogens is 314 g/mol. The predicted octanol–water partition coefficient (Wildman–Crippen LogP) is 3.23. The van der Waals surface area contributed by atoms with Crippen molar-refractivity contribution in [3.05, 3.63) is 41.4 Å². The molecule has 0 saturated heterocycles. The third kappa shape index (κ3) is 5.49. The van der Waals surface area contributed by atoms with Crippen LogP contribution in [0, 0.1) is 0 Å². The van der Waals surface area contributed by atoms with Crippen LogP contribution in [0.4, 0.5) is 0 Å². The summed E-state index contributed by atoms with van der Waals surface area (Å²) in [5.74, 6) is -0.346. The van der Waals surface area contributed by atoms with Gasteiger partial charge < -0.3 is 10.2 Å². The van der Waals surface area contributed by atoms with Crippen LogP contribution in [-0.4, -0.2) is 47.6 Å². The van der Waals surface area contributed by atoms with Crippen molar-refractivity contribution in [2.24, 2.45) is 0 Å². The van der Waals surface area contributed by atoms with E-state index in [-0.39, 0.29) is 17.3 Å². The Morgan fingerprint density at radius 1 is 1.04 bits per heavy atom. The first-order valence-electron chi connectivity index (χ1n) is 9.39. The van der Waals surface area contributed by atoms with Crippen molar-refractivity contribution >= 4 is 11.6 Å². The number of hydrogen-bond donors (Lipinski definition) is 1. The van der Waals surface area contributed by atoms with E-state index >= 15 is 0 Å². The fourth-order valence-electron chi connectivity index (χ4n) is 2.95. The normalized spacial score (nSPS) is 13.8. The summed E-state index contributed by atoms with van der Waals surface area (Å²) < 4.78 is 0. The number of nitrogens with one attached hydrogen (secondary N) is 1. The zero-order valence-electron chi connectivity index (χ0n) is 15.4. The first kappa shape index (κ1) is 19.3. The molecule has 1 aliphatic rings. The lowest BCUT2D eigenvalue weighted by atomic mass is 9.97. The molecule has 5 heteroatoms. The highest BCUT2D eigenvalue weighted by Crippen LogP contribution is 2.17. The molecule has 2 rings (SSSR count). The monoisotopic (exact) mass is 343 g/mol. The van der Waals surface area contributed by atoms with Crippen molar-refractivity contribution in [3.8, 4) is 0 Å². The first-order valence-corrected chi connectivity index (χ1v) is 9.39. The lowest BCUT2D eigenvalue weighted by molar-refractivity contribution is 0.0974. The number of fused-ring (bicyclic) bond motifs is 1. The van der Waals surface area contributed by atoms with E-state index in [1.807, 2.05) is 0 Å². The number of allylic oxidation sites excluding steroid dienone is 2. The molecule has 1 aromatic rings. The summed E-state index contributed by atoms with van der Waals surface area (Å²) in [4.78, 5) is 31.0. The van der Waals surface area contributed by atoms with Crippen LogP contribution < -0.4 is 5.32 Å². The van der Waals surface area contributed by atoms with Gasteiger partial charge in [0.15, 0.2) is 0 Å². The maximum absolute atomic E-state index is 12.4. The second-order valence-corrected chi connectivity index (χ2v) is 6.48. The molecule has 0 fully saturated rings. The molecule has 0 amide bonds. The molecule has 1 heterocycles. The Morgan fingerprint density at radius 3 is 2.40 bits per heavy atom. The minimum atomic E-state index is -0.204. The van der Waals surface area contributed by atoms with Crippen LogP contribution in [0.5, 0.6) is 0 Å². The van der Waals surface area contributed by atoms with Gasteiger partial charge in [0.05, 0.1) is 11.3 Å². The Morgan fingerprint density at radius 2 is 1.72 bits per heavy atom. The van der Waals surface area contributed by atoms with E-state index in [1.165, 1.54) is 38.0 Å². The molecule has 0 aromatic carbocycles. The van der Waals surface area contributed by atoms with E-state index in [4.69, 9.17) is 0 Å². The van der Waals surface area contributed by atoms with E-state index in [0.717, 1.165) is 26.1 Å². The lowest BCUT2D eigenvalue weighted by Crippen LogP contribution is -2.31. The number of Topliss-reactive ketones (excluding diaryl/α,β-unsaturated/α-hetero) is 1. The van der Waals surface area contributed by atoms with Gasteiger partial charge in [-0.15, -0.1) is 0 Å². The van der Waals surface area contributed by atoms with Crippen LogP contribution in [0.1, 0.15) is 66.8 Å². The topological polar surface area (TPSA) is 62.3 Å². The van der Waals surface area contributed by atoms with Gasteiger partial charge in [0.1, 0.15) is 5.69 Å². The SMILES string of the molecule is CCCCN(CCCC)CCCNC1=CC(=O)c2ncccc2C1=O. The first-order chi connectivity index (χ1) is 12.2. The van der Waals surface area contributed by atoms with E-state index in [2.05, 4.69) is 29.0 Å². The van der Waals surface area contributed by atoms with Crippen LogP contribution >= 0.6 is 0 Å². The third-order valence-corrected chi connectivity index (χ3v) is 4.43. The number of carbonyl (C=O) groups excluding carboxylic acids is 2. The van der Waals surface area contributed by atoms with Crippen molar-refractivity contribution in [3.63, 3.8) is 0 Å². The van der Waals surface area contributed by atoms with Crippen molar-refractivity contribution in [1.82, 2.24) is 15.2 Å². The van der Waals surface area contributed by atoms with E-state index in [9.17, 15) is 9.59 Å². The molecule has 136 valence electrons. The largest absolute Gasteiger partial charge is 0.382 e. The zero-order valence-corrected chi connectivity index (χ0v) is 15.4. The summed E-state index contributed by atoms with van der Waals surface area (Å²) in [6.45, 7) is 8.40. The molecule has 0 saturated carbocycles. The quantitative estimate of drug-likeness (QED) is 0.625. The Hall–Kier alpha value is -2.01. The Balaban J connectivity index is 1.83. The molecule has 0 unspecified atom stereocenters. The summed E-state index contributed by atoms with van der Waals surface area (Å²) in [5, 5.41) is 3.15. The zero-order chi connectivity index (χ0) is 18.1. The molecule has 25 heavy (non-hydrogen) atoms. The predicted molar refractivity (Wildman–Crippen MR) is 99.9 cm³/mol. The number of aromatic nitrogens is 1. The summed E-state index contributed by atoms with van der Waals surface area (Å²) in [6, 6.07) is 3.35. The highest BCUT2D eigenvalue weighted by atomic mass is 16.1. The van der Waals surface area contributed by atoms with Crippen molar-refractivity contribution in [2.75, 3.05) is 26.2 Å². The maximum atomic E-state index is 12.4. The Bertz CT molecular complexity index is 617. The maximum Gasteiger partial charge on any atom is 0.211 e. The molecule has 1 aliphatic carbocycles. The molecular formula is C20H29N3O2. The molecule has 1 N–H and O–H groups in total. The smallest absolute Gasteiger partial charge is 0.211 e. The molecule has 0 bridgehead atoms. The second-order valence-electron chi connectivity index (χ2n) is 6.48. The van der Waals surface area contributed by atoms with Crippen molar-refractivity contribution < 1.29 is 9.59 Å². The third-order valence-electron chi connectivity index (χ3n) is 4.43. The van der Waals surface area contributed by atoms with Gasteiger partial charge in [-0.2, -0.15) is 0 Å². The molecule has 0 aliphatic heterocycles. The number of rotatable bonds is 11. The van der Waals surface area contributed by atoms with Gasteiger partial charge in [-0.3, -0.25) is 14.6 Å². The fraction of sp³-hybridized carbons (Fsp3) is 0.550. The van der Waals surface area contributed by atoms with E-state index in [0.29, 0.717) is 17.8 Å². The highest BCUT2D eigenvalue weighted by molar-refractivity contribution is 6.23. The number of pyridine rings is 1. The molecule has 5 nitrogen and oxygen atoms in total. The van der Waals surface area contributed by atoms with Crippen LogP contribution in [0.15, 0.2) is 30.1 Å². The van der Waals surface area contributed by atoms with Gasteiger partial charge in [0.2, 0.25) is 11.6 Å². The minimum Gasteiger partial charge on any atom is -0.382 e. The average Bonchev–Trinajstić information content (AvgIpc) is 2.64. The fourth-order valence-corrected chi connectivity index (χ4v) is 2.95. The van der Waals surface area contributed by atoms with E-state index in [1.54, 1.807) is 12.1 Å². The van der Waals surface area contributed by atoms with Crippen molar-refractivity contribution in [2.45, 2.75) is 46.0 Å². The van der Waals surface area contributed by atoms with Crippen LogP contribution in [-0.2, 0) is 0 Å². The number of unbranched alkanes of at least 4 members (excludes halogenated alkanes) is 2. The number of carbonyl (C=O) groups is 2. The van der Waals surface area contributed by atoms with Crippen LogP contribution in [0.3, 0.4) is 0 Å². The molecule has 0 radical (unpaired) electrons. The van der Waals surface area contributed by atoms with Crippen LogP contribution in [0.25, 0.3) is 0 Å². The average molecular weight is 343 g/mol. The summed E-state index contributed by atoms with van der Waals surface area (Å²) in [5.41, 5.74) is 1.03. The van der Waals surface area contributed by atoms with Gasteiger partial charge in [0.25, 0.3) is 0 Å². The highest BCUT2D eigenvalue weighted by Gasteiger charge is 2.26. The van der Waals surface area contributed by atoms with E-state index < -0.39 is 0 Å². The van der Waals surface area contributed by atoms with Gasteiger partial charge in [-0.05, 0) is 51.0 Å². The van der Waals surface area contributed by atoms with Crippen LogP contribution in [0.2, 0.25) is 0 Å². The standard InChI is InChI=1S/C20H29N3O2/c1-3-5-12-23(13-6-4-2)14-8-11-21-17-15-18(24)19-16(20(17)25)9-7-10-22-19/h7,9-10,15,21H,3-6,8,11-14H2,1-2H3. The summed E-state index contributed by atoms with van der Waals surface area (Å²) in [7, 11) is 0. The molecule has 0 atom stereocenters. The van der Waals surface area contributed by atoms with Gasteiger partial charge in [0, 0.05) is 18.8 Å². The Labute approximate surface area is 150 Å². The minimum absolute atomic E-state index is 0.142. The van der Waals surface area contributed by atoms with Gasteiger partial charge >= 0.3 is 0 Å². The number of nitrogens with zero attached hydrogens (tertiary/aromatic N) is 2. The molecule has 1 aromatic heterocycles. The van der Waals surface area contributed by atoms with Gasteiger partial charge in [-0.1, -0.05) is 26.7 Å². The Kier molecular flexibility index (Phi) is 7.79. The number of ketones is 2. The summed E-state index contributed by atoms with van der Waals surface area (Å²) in [6.07, 6.45) is 8.72. The van der Waals surface area contributed by atoms with Crippen molar-refractivity contribution in [1.29, 1.82) is 0 Å².